The van der Waals surface area contributed by atoms with Crippen LogP contribution in [0.25, 0.3) is 0 Å². The van der Waals surface area contributed by atoms with E-state index >= 15 is 0 Å². The number of carbonyl (C=O) groups is 1. The van der Waals surface area contributed by atoms with Crippen molar-refractivity contribution in [1.29, 1.82) is 0 Å². The van der Waals surface area contributed by atoms with Crippen molar-refractivity contribution in [2.75, 3.05) is 33.3 Å². The molecular formula is C17H32N2O2. The van der Waals surface area contributed by atoms with Gasteiger partial charge in [0, 0.05) is 19.1 Å². The molecule has 122 valence electrons. The number of likely N-dealkylation sites (tertiary alicyclic amines) is 1. The average molecular weight is 296 g/mol. The summed E-state index contributed by atoms with van der Waals surface area (Å²) in [6, 6.07) is 0.533. The van der Waals surface area contributed by atoms with Gasteiger partial charge in [-0.15, -0.1) is 0 Å². The smallest absolute Gasteiger partial charge is 0.319 e. The van der Waals surface area contributed by atoms with E-state index in [2.05, 4.69) is 24.1 Å². The first-order valence-corrected chi connectivity index (χ1v) is 8.59. The summed E-state index contributed by atoms with van der Waals surface area (Å²) in [6.07, 6.45) is 6.67. The zero-order valence-electron chi connectivity index (χ0n) is 13.9. The minimum atomic E-state index is -0.108. The normalized spacial score (nSPS) is 27.0. The van der Waals surface area contributed by atoms with Crippen molar-refractivity contribution in [2.45, 2.75) is 52.0 Å². The fourth-order valence-corrected chi connectivity index (χ4v) is 3.40. The molecule has 21 heavy (non-hydrogen) atoms. The van der Waals surface area contributed by atoms with Crippen molar-refractivity contribution < 1.29 is 9.53 Å². The van der Waals surface area contributed by atoms with Gasteiger partial charge in [-0.1, -0.05) is 26.7 Å². The lowest BCUT2D eigenvalue weighted by atomic mass is 9.89. The number of hydrogen-bond acceptors (Lipinski definition) is 4. The van der Waals surface area contributed by atoms with Crippen LogP contribution in [0, 0.1) is 17.8 Å². The van der Waals surface area contributed by atoms with Crippen LogP contribution >= 0.6 is 0 Å². The molecule has 0 bridgehead atoms. The van der Waals surface area contributed by atoms with Crippen molar-refractivity contribution in [3.8, 4) is 0 Å². The molecule has 1 aliphatic heterocycles. The van der Waals surface area contributed by atoms with E-state index in [0.29, 0.717) is 12.6 Å². The van der Waals surface area contributed by atoms with Gasteiger partial charge in [-0.25, -0.2) is 0 Å². The Morgan fingerprint density at radius 1 is 1.29 bits per heavy atom. The van der Waals surface area contributed by atoms with Crippen molar-refractivity contribution in [2.24, 2.45) is 17.8 Å². The maximum absolute atomic E-state index is 11.5. The molecule has 0 aromatic rings. The summed E-state index contributed by atoms with van der Waals surface area (Å²) in [5.41, 5.74) is 0. The number of esters is 1. The molecule has 1 heterocycles. The topological polar surface area (TPSA) is 41.6 Å². The Balaban J connectivity index is 1.81. The molecule has 2 fully saturated rings. The number of hydrogen-bond donors (Lipinski definition) is 1. The Kier molecular flexibility index (Phi) is 6.49. The zero-order chi connectivity index (χ0) is 15.2. The number of nitrogens with zero attached hydrogens (tertiary/aromatic N) is 1. The van der Waals surface area contributed by atoms with E-state index in [1.165, 1.54) is 39.2 Å². The predicted octanol–water partition coefficient (Wildman–Crippen LogP) is 2.29. The van der Waals surface area contributed by atoms with Crippen molar-refractivity contribution in [3.05, 3.63) is 0 Å². The molecule has 2 atom stereocenters. The van der Waals surface area contributed by atoms with E-state index in [1.54, 1.807) is 0 Å². The molecule has 0 radical (unpaired) electrons. The molecule has 0 amide bonds. The maximum atomic E-state index is 11.5. The third kappa shape index (κ3) is 6.35. The minimum absolute atomic E-state index is 0.108. The van der Waals surface area contributed by atoms with Crippen LogP contribution in [0.3, 0.4) is 0 Å². The quantitative estimate of drug-likeness (QED) is 0.698. The molecule has 2 aliphatic rings. The van der Waals surface area contributed by atoms with Gasteiger partial charge in [0.2, 0.25) is 0 Å². The van der Waals surface area contributed by atoms with E-state index in [9.17, 15) is 4.79 Å². The molecule has 1 aliphatic carbocycles. The van der Waals surface area contributed by atoms with E-state index in [-0.39, 0.29) is 5.97 Å². The maximum Gasteiger partial charge on any atom is 0.319 e. The van der Waals surface area contributed by atoms with Gasteiger partial charge in [0.1, 0.15) is 0 Å². The third-order valence-electron chi connectivity index (χ3n) is 4.71. The summed E-state index contributed by atoms with van der Waals surface area (Å²) in [4.78, 5) is 13.8. The van der Waals surface area contributed by atoms with Gasteiger partial charge in [0.05, 0.1) is 13.7 Å². The van der Waals surface area contributed by atoms with Crippen molar-refractivity contribution >= 4 is 5.97 Å². The number of methoxy groups -OCH3 is 1. The number of ether oxygens (including phenoxy) is 1. The Labute approximate surface area is 129 Å². The highest BCUT2D eigenvalue weighted by Crippen LogP contribution is 2.37. The van der Waals surface area contributed by atoms with Crippen LogP contribution in [-0.4, -0.2) is 50.2 Å². The fourth-order valence-electron chi connectivity index (χ4n) is 3.40. The highest BCUT2D eigenvalue weighted by atomic mass is 16.5. The SMILES string of the molecule is COC(=O)CN1CC(CC2CC2)CC(NCCC(C)C)C1. The van der Waals surface area contributed by atoms with Crippen LogP contribution in [0.1, 0.15) is 46.0 Å². The van der Waals surface area contributed by atoms with E-state index in [1.807, 2.05) is 0 Å². The van der Waals surface area contributed by atoms with E-state index in [0.717, 1.165) is 37.4 Å². The highest BCUT2D eigenvalue weighted by molar-refractivity contribution is 5.71. The second-order valence-corrected chi connectivity index (χ2v) is 7.38. The molecule has 0 aromatic heterocycles. The third-order valence-corrected chi connectivity index (χ3v) is 4.71. The first-order valence-electron chi connectivity index (χ1n) is 8.59. The molecule has 1 saturated heterocycles. The Morgan fingerprint density at radius 3 is 2.67 bits per heavy atom. The monoisotopic (exact) mass is 296 g/mol. The van der Waals surface area contributed by atoms with Crippen molar-refractivity contribution in [3.63, 3.8) is 0 Å². The lowest BCUT2D eigenvalue weighted by molar-refractivity contribution is -0.142. The summed E-state index contributed by atoms with van der Waals surface area (Å²) < 4.78 is 4.83. The van der Waals surface area contributed by atoms with Gasteiger partial charge in [0.25, 0.3) is 0 Å². The largest absolute Gasteiger partial charge is 0.468 e. The van der Waals surface area contributed by atoms with Crippen LogP contribution < -0.4 is 5.32 Å². The van der Waals surface area contributed by atoms with Gasteiger partial charge >= 0.3 is 5.97 Å². The first-order chi connectivity index (χ1) is 10.1. The molecule has 0 spiro atoms. The van der Waals surface area contributed by atoms with Crippen LogP contribution in [0.4, 0.5) is 0 Å². The number of piperidine rings is 1. The van der Waals surface area contributed by atoms with Crippen LogP contribution in [0.15, 0.2) is 0 Å². The van der Waals surface area contributed by atoms with Gasteiger partial charge in [-0.05, 0) is 43.6 Å². The molecule has 4 nitrogen and oxygen atoms in total. The standard InChI is InChI=1S/C17H32N2O2/c1-13(2)6-7-18-16-9-15(8-14-4-5-14)10-19(11-16)12-17(20)21-3/h13-16,18H,4-12H2,1-3H3. The van der Waals surface area contributed by atoms with Gasteiger partial charge in [-0.3, -0.25) is 9.69 Å². The van der Waals surface area contributed by atoms with Gasteiger partial charge in [-0.2, -0.15) is 0 Å². The summed E-state index contributed by atoms with van der Waals surface area (Å²) in [6.45, 7) is 8.11. The summed E-state index contributed by atoms with van der Waals surface area (Å²) in [5, 5.41) is 3.70. The number of carbonyl (C=O) groups excluding carboxylic acids is 1. The molecule has 2 unspecified atom stereocenters. The van der Waals surface area contributed by atoms with Crippen LogP contribution in [-0.2, 0) is 9.53 Å². The molecule has 0 aromatic carbocycles. The number of rotatable bonds is 8. The predicted molar refractivity (Wildman–Crippen MR) is 85.1 cm³/mol. The Morgan fingerprint density at radius 2 is 2.05 bits per heavy atom. The summed E-state index contributed by atoms with van der Waals surface area (Å²) in [7, 11) is 1.48. The van der Waals surface area contributed by atoms with Gasteiger partial charge < -0.3 is 10.1 Å². The highest BCUT2D eigenvalue weighted by Gasteiger charge is 2.32. The molecule has 1 N–H and O–H groups in total. The Bertz CT molecular complexity index is 329. The van der Waals surface area contributed by atoms with E-state index in [4.69, 9.17) is 4.74 Å². The van der Waals surface area contributed by atoms with E-state index < -0.39 is 0 Å². The first kappa shape index (κ1) is 16.8. The lowest BCUT2D eigenvalue weighted by Crippen LogP contribution is -2.51. The summed E-state index contributed by atoms with van der Waals surface area (Å²) >= 11 is 0. The molecule has 1 saturated carbocycles. The van der Waals surface area contributed by atoms with Crippen LogP contribution in [0.5, 0.6) is 0 Å². The fraction of sp³-hybridized carbons (Fsp3) is 0.941. The van der Waals surface area contributed by atoms with Crippen LogP contribution in [0.2, 0.25) is 0 Å². The summed E-state index contributed by atoms with van der Waals surface area (Å²) in [5.74, 6) is 2.34. The number of nitrogens with one attached hydrogen (secondary N) is 1. The molecular weight excluding hydrogens is 264 g/mol. The Hall–Kier alpha value is -0.610. The second kappa shape index (κ2) is 8.14. The molecule has 4 heteroatoms. The zero-order valence-corrected chi connectivity index (χ0v) is 13.9. The minimum Gasteiger partial charge on any atom is -0.468 e. The second-order valence-electron chi connectivity index (χ2n) is 7.38. The molecule has 2 rings (SSSR count). The lowest BCUT2D eigenvalue weighted by Gasteiger charge is -2.38. The average Bonchev–Trinajstić information content (AvgIpc) is 3.21. The van der Waals surface area contributed by atoms with Crippen molar-refractivity contribution in [1.82, 2.24) is 10.2 Å². The van der Waals surface area contributed by atoms with Gasteiger partial charge in [0.15, 0.2) is 0 Å².